The largest absolute Gasteiger partial charge is 0.444 e. The average molecular weight is 387 g/mol. The van der Waals surface area contributed by atoms with E-state index in [4.69, 9.17) is 23.7 Å². The van der Waals surface area contributed by atoms with Crippen LogP contribution in [0.2, 0.25) is 0 Å². The van der Waals surface area contributed by atoms with E-state index in [0.717, 1.165) is 12.8 Å². The average Bonchev–Trinajstić information content (AvgIpc) is 3.35. The number of aliphatic hydroxyl groups is 1. The molecule has 2 heterocycles. The molecule has 2 aliphatic heterocycles. The van der Waals surface area contributed by atoms with Crippen LogP contribution in [-0.4, -0.2) is 78.4 Å². The Balaban J connectivity index is 1.92. The molecule has 1 aliphatic carbocycles. The molecule has 8 nitrogen and oxygen atoms in total. The van der Waals surface area contributed by atoms with Crippen LogP contribution in [0, 0.1) is 5.92 Å². The first-order valence-electron chi connectivity index (χ1n) is 9.53. The van der Waals surface area contributed by atoms with Crippen LogP contribution < -0.4 is 0 Å². The topological polar surface area (TPSA) is 86.7 Å². The van der Waals surface area contributed by atoms with Crippen molar-refractivity contribution < 1.29 is 33.6 Å². The highest BCUT2D eigenvalue weighted by molar-refractivity contribution is 5.70. The molecule has 0 bridgehead atoms. The van der Waals surface area contributed by atoms with Crippen molar-refractivity contribution >= 4 is 6.09 Å². The molecule has 1 amide bonds. The maximum atomic E-state index is 12.9. The zero-order valence-electron chi connectivity index (χ0n) is 17.4. The molecule has 3 rings (SSSR count). The third kappa shape index (κ3) is 3.25. The van der Waals surface area contributed by atoms with Gasteiger partial charge in [0.05, 0.1) is 24.8 Å². The number of aliphatic hydroxyl groups excluding tert-OH is 1. The standard InChI is InChI=1S/C19H33NO7/c1-16(2,3)27-15(22)20-10-13-14(12(11-21)19(20)8-9-19)26-18(5,24-7)17(4,23-6)25-13/h12-14,21H,8-11H2,1-7H3/t12-,13-,14-,17+,18+/m1/s1. The molecule has 3 aliphatic rings. The molecular weight excluding hydrogens is 354 g/mol. The quantitative estimate of drug-likeness (QED) is 0.791. The molecule has 27 heavy (non-hydrogen) atoms. The van der Waals surface area contributed by atoms with Crippen LogP contribution in [0.5, 0.6) is 0 Å². The number of likely N-dealkylation sites (tertiary alicyclic amines) is 1. The Hall–Kier alpha value is -0.930. The Morgan fingerprint density at radius 3 is 2.15 bits per heavy atom. The minimum Gasteiger partial charge on any atom is -0.444 e. The van der Waals surface area contributed by atoms with Gasteiger partial charge < -0.3 is 28.8 Å². The lowest BCUT2D eigenvalue weighted by Crippen LogP contribution is -2.73. The Labute approximate surface area is 161 Å². The normalized spacial score (nSPS) is 40.6. The zero-order valence-corrected chi connectivity index (χ0v) is 17.4. The first-order valence-corrected chi connectivity index (χ1v) is 9.53. The van der Waals surface area contributed by atoms with Gasteiger partial charge in [-0.15, -0.1) is 0 Å². The summed E-state index contributed by atoms with van der Waals surface area (Å²) in [7, 11) is 3.07. The fraction of sp³-hybridized carbons (Fsp3) is 0.947. The van der Waals surface area contributed by atoms with Crippen LogP contribution in [0.3, 0.4) is 0 Å². The number of fused-ring (bicyclic) bond motifs is 1. The van der Waals surface area contributed by atoms with Gasteiger partial charge in [-0.1, -0.05) is 0 Å². The van der Waals surface area contributed by atoms with Crippen molar-refractivity contribution in [1.82, 2.24) is 4.90 Å². The van der Waals surface area contributed by atoms with Crippen molar-refractivity contribution in [3.05, 3.63) is 0 Å². The van der Waals surface area contributed by atoms with Gasteiger partial charge in [0.25, 0.3) is 0 Å². The van der Waals surface area contributed by atoms with Gasteiger partial charge in [0, 0.05) is 20.1 Å². The van der Waals surface area contributed by atoms with Gasteiger partial charge in [-0.25, -0.2) is 4.79 Å². The molecule has 1 saturated carbocycles. The second kappa shape index (κ2) is 6.56. The van der Waals surface area contributed by atoms with Crippen molar-refractivity contribution in [1.29, 1.82) is 0 Å². The van der Waals surface area contributed by atoms with Crippen LogP contribution in [0.25, 0.3) is 0 Å². The van der Waals surface area contributed by atoms with E-state index in [9.17, 15) is 9.90 Å². The van der Waals surface area contributed by atoms with Gasteiger partial charge in [0.2, 0.25) is 11.6 Å². The van der Waals surface area contributed by atoms with Gasteiger partial charge in [-0.05, 0) is 47.5 Å². The van der Waals surface area contributed by atoms with E-state index in [1.807, 2.05) is 20.8 Å². The van der Waals surface area contributed by atoms with Gasteiger partial charge >= 0.3 is 6.09 Å². The van der Waals surface area contributed by atoms with Crippen molar-refractivity contribution in [3.8, 4) is 0 Å². The van der Waals surface area contributed by atoms with Crippen molar-refractivity contribution in [2.45, 2.75) is 82.4 Å². The van der Waals surface area contributed by atoms with Crippen LogP contribution in [-0.2, 0) is 23.7 Å². The van der Waals surface area contributed by atoms with E-state index in [2.05, 4.69) is 0 Å². The van der Waals surface area contributed by atoms with Crippen molar-refractivity contribution in [2.75, 3.05) is 27.4 Å². The highest BCUT2D eigenvalue weighted by Crippen LogP contribution is 2.56. The number of amides is 1. The first-order chi connectivity index (χ1) is 12.5. The monoisotopic (exact) mass is 387 g/mol. The molecule has 0 aromatic heterocycles. The van der Waals surface area contributed by atoms with Crippen LogP contribution in [0.15, 0.2) is 0 Å². The van der Waals surface area contributed by atoms with Crippen molar-refractivity contribution in [3.63, 3.8) is 0 Å². The molecule has 3 fully saturated rings. The zero-order chi connectivity index (χ0) is 20.3. The predicted molar refractivity (Wildman–Crippen MR) is 96.1 cm³/mol. The summed E-state index contributed by atoms with van der Waals surface area (Å²) in [6.07, 6.45) is 0.336. The maximum Gasteiger partial charge on any atom is 0.410 e. The molecule has 0 aromatic rings. The maximum absolute atomic E-state index is 12.9. The van der Waals surface area contributed by atoms with Crippen molar-refractivity contribution in [2.24, 2.45) is 5.92 Å². The summed E-state index contributed by atoms with van der Waals surface area (Å²) in [5, 5.41) is 10.2. The van der Waals surface area contributed by atoms with Crippen LogP contribution in [0.4, 0.5) is 4.79 Å². The number of rotatable bonds is 3. The number of carbonyl (C=O) groups is 1. The first kappa shape index (κ1) is 20.8. The molecule has 1 N–H and O–H groups in total. The van der Waals surface area contributed by atoms with Crippen LogP contribution >= 0.6 is 0 Å². The second-order valence-corrected chi connectivity index (χ2v) is 9.02. The number of hydrogen-bond donors (Lipinski definition) is 1. The highest BCUT2D eigenvalue weighted by atomic mass is 16.8. The summed E-state index contributed by atoms with van der Waals surface area (Å²) in [4.78, 5) is 14.6. The smallest absolute Gasteiger partial charge is 0.410 e. The Bertz CT molecular complexity index is 587. The molecule has 8 heteroatoms. The number of methoxy groups -OCH3 is 2. The summed E-state index contributed by atoms with van der Waals surface area (Å²) in [5.74, 6) is -2.59. The number of carbonyl (C=O) groups excluding carboxylic acids is 1. The summed E-state index contributed by atoms with van der Waals surface area (Å²) < 4.78 is 29.4. The Morgan fingerprint density at radius 1 is 1.15 bits per heavy atom. The summed E-state index contributed by atoms with van der Waals surface area (Å²) in [5.41, 5.74) is -1.06. The molecule has 156 valence electrons. The van der Waals surface area contributed by atoms with Gasteiger partial charge in [-0.2, -0.15) is 0 Å². The summed E-state index contributed by atoms with van der Waals surface area (Å²) in [6.45, 7) is 9.23. The lowest BCUT2D eigenvalue weighted by molar-refractivity contribution is -0.459. The van der Waals surface area contributed by atoms with E-state index in [-0.39, 0.29) is 18.6 Å². The number of nitrogens with zero attached hydrogens (tertiary/aromatic N) is 1. The fourth-order valence-corrected chi connectivity index (χ4v) is 4.34. The van der Waals surface area contributed by atoms with E-state index in [0.29, 0.717) is 6.54 Å². The molecule has 0 unspecified atom stereocenters. The molecule has 0 aromatic carbocycles. The molecule has 0 radical (unpaired) electrons. The molecular formula is C19H33NO7. The minimum absolute atomic E-state index is 0.118. The number of ether oxygens (including phenoxy) is 5. The van der Waals surface area contributed by atoms with E-state index >= 15 is 0 Å². The van der Waals surface area contributed by atoms with E-state index in [1.165, 1.54) is 14.2 Å². The van der Waals surface area contributed by atoms with E-state index in [1.54, 1.807) is 18.7 Å². The van der Waals surface area contributed by atoms with Gasteiger partial charge in [-0.3, -0.25) is 4.90 Å². The summed E-state index contributed by atoms with van der Waals surface area (Å²) in [6, 6.07) is 0. The summed E-state index contributed by atoms with van der Waals surface area (Å²) >= 11 is 0. The lowest BCUT2D eigenvalue weighted by Gasteiger charge is -2.58. The van der Waals surface area contributed by atoms with Gasteiger partial charge in [0.1, 0.15) is 11.7 Å². The third-order valence-electron chi connectivity index (χ3n) is 6.27. The van der Waals surface area contributed by atoms with Gasteiger partial charge in [0.15, 0.2) is 0 Å². The highest BCUT2D eigenvalue weighted by Gasteiger charge is 2.68. The Kier molecular flexibility index (Phi) is 5.05. The molecule has 5 atom stereocenters. The van der Waals surface area contributed by atoms with Crippen LogP contribution in [0.1, 0.15) is 47.5 Å². The van der Waals surface area contributed by atoms with E-state index < -0.39 is 34.9 Å². The minimum atomic E-state index is -1.16. The predicted octanol–water partition coefficient (Wildman–Crippen LogP) is 1.89. The lowest BCUT2D eigenvalue weighted by atomic mass is 9.81. The number of piperidine rings is 1. The second-order valence-electron chi connectivity index (χ2n) is 9.02. The molecule has 1 spiro atoms. The molecule has 2 saturated heterocycles. The third-order valence-corrected chi connectivity index (χ3v) is 6.27. The SMILES string of the molecule is CO[C@@]1(C)O[C@@H]2[C@@H](CO)C3(CC3)N(C(=O)OC(C)(C)C)C[C@H]2O[C@]1(C)OC. The Morgan fingerprint density at radius 2 is 1.70 bits per heavy atom. The fourth-order valence-electron chi connectivity index (χ4n) is 4.34. The number of hydrogen-bond acceptors (Lipinski definition) is 7.